The Balaban J connectivity index is 1.72. The van der Waals surface area contributed by atoms with Crippen LogP contribution in [0.1, 0.15) is 57.8 Å². The standard InChI is InChI=1S/C15H22FNO/c16-15(18)17-14-10-8-13(9-11-14)7-6-12-4-2-1-3-5-12/h12-14H,1-5,8-11H2,(H,17,18). The fraction of sp³-hybridized carbons (Fsp3) is 0.800. The Kier molecular flexibility index (Phi) is 5.04. The Morgan fingerprint density at radius 3 is 2.00 bits per heavy atom. The van der Waals surface area contributed by atoms with Gasteiger partial charge in [0, 0.05) is 17.9 Å². The molecule has 2 aliphatic rings. The maximum absolute atomic E-state index is 12.2. The van der Waals surface area contributed by atoms with Crippen LogP contribution in [0.25, 0.3) is 0 Å². The molecule has 0 aliphatic heterocycles. The fourth-order valence-corrected chi connectivity index (χ4v) is 3.03. The van der Waals surface area contributed by atoms with Crippen LogP contribution in [0.15, 0.2) is 0 Å². The first-order chi connectivity index (χ1) is 8.74. The van der Waals surface area contributed by atoms with Gasteiger partial charge in [0.05, 0.1) is 0 Å². The summed E-state index contributed by atoms with van der Waals surface area (Å²) < 4.78 is 12.2. The minimum Gasteiger partial charge on any atom is -0.325 e. The predicted molar refractivity (Wildman–Crippen MR) is 69.7 cm³/mol. The van der Waals surface area contributed by atoms with Crippen LogP contribution in [0.5, 0.6) is 0 Å². The highest BCUT2D eigenvalue weighted by Crippen LogP contribution is 2.26. The third-order valence-corrected chi connectivity index (χ3v) is 4.14. The van der Waals surface area contributed by atoms with E-state index in [1.165, 1.54) is 32.1 Å². The van der Waals surface area contributed by atoms with Gasteiger partial charge in [0.2, 0.25) is 0 Å². The number of hydrogen-bond acceptors (Lipinski definition) is 1. The van der Waals surface area contributed by atoms with Gasteiger partial charge >= 0.3 is 6.16 Å². The molecule has 0 radical (unpaired) electrons. The zero-order valence-electron chi connectivity index (χ0n) is 10.9. The number of rotatable bonds is 1. The Labute approximate surface area is 109 Å². The minimum atomic E-state index is -1.40. The second-order valence-electron chi connectivity index (χ2n) is 5.59. The number of carbonyl (C=O) groups is 1. The molecule has 1 amide bonds. The molecule has 0 unspecified atom stereocenters. The maximum Gasteiger partial charge on any atom is 0.397 e. The Bertz CT molecular complexity index is 330. The van der Waals surface area contributed by atoms with Gasteiger partial charge in [0.15, 0.2) is 0 Å². The van der Waals surface area contributed by atoms with E-state index < -0.39 is 6.16 Å². The quantitative estimate of drug-likeness (QED) is 0.428. The molecule has 0 spiro atoms. The lowest BCUT2D eigenvalue weighted by Gasteiger charge is -2.25. The molecule has 0 bridgehead atoms. The van der Waals surface area contributed by atoms with Crippen LogP contribution in [-0.4, -0.2) is 12.2 Å². The molecule has 2 nitrogen and oxygen atoms in total. The summed E-state index contributed by atoms with van der Waals surface area (Å²) >= 11 is 0. The molecule has 0 aromatic carbocycles. The van der Waals surface area contributed by atoms with Crippen molar-refractivity contribution in [3.8, 4) is 11.8 Å². The summed E-state index contributed by atoms with van der Waals surface area (Å²) in [6.07, 6.45) is 8.86. The summed E-state index contributed by atoms with van der Waals surface area (Å²) in [6, 6.07) is 0.0234. The minimum absolute atomic E-state index is 0.0234. The molecule has 2 fully saturated rings. The van der Waals surface area contributed by atoms with Gasteiger partial charge in [-0.05, 0) is 38.5 Å². The highest BCUT2D eigenvalue weighted by molar-refractivity contribution is 5.65. The van der Waals surface area contributed by atoms with Crippen molar-refractivity contribution in [3.63, 3.8) is 0 Å². The van der Waals surface area contributed by atoms with Gasteiger partial charge in [-0.25, -0.2) is 4.79 Å². The first kappa shape index (κ1) is 13.4. The molecule has 2 saturated carbocycles. The molecule has 18 heavy (non-hydrogen) atoms. The van der Waals surface area contributed by atoms with Crippen molar-refractivity contribution in [1.82, 2.24) is 5.32 Å². The van der Waals surface area contributed by atoms with E-state index in [9.17, 15) is 9.18 Å². The zero-order chi connectivity index (χ0) is 12.8. The number of nitrogens with one attached hydrogen (secondary N) is 1. The lowest BCUT2D eigenvalue weighted by Crippen LogP contribution is -2.34. The molecule has 100 valence electrons. The van der Waals surface area contributed by atoms with Crippen molar-refractivity contribution >= 4 is 6.16 Å². The molecule has 1 N–H and O–H groups in total. The summed E-state index contributed by atoms with van der Waals surface area (Å²) in [6.45, 7) is 0. The molecule has 3 heteroatoms. The van der Waals surface area contributed by atoms with E-state index in [2.05, 4.69) is 17.2 Å². The molecule has 0 aromatic rings. The second kappa shape index (κ2) is 6.78. The smallest absolute Gasteiger partial charge is 0.325 e. The van der Waals surface area contributed by atoms with Crippen molar-refractivity contribution in [2.75, 3.05) is 0 Å². The van der Waals surface area contributed by atoms with Crippen LogP contribution in [0.2, 0.25) is 0 Å². The third-order valence-electron chi connectivity index (χ3n) is 4.14. The third kappa shape index (κ3) is 4.33. The summed E-state index contributed by atoms with van der Waals surface area (Å²) in [4.78, 5) is 10.3. The van der Waals surface area contributed by atoms with E-state index >= 15 is 0 Å². The topological polar surface area (TPSA) is 29.1 Å². The Morgan fingerprint density at radius 2 is 1.44 bits per heavy atom. The molecule has 0 aromatic heterocycles. The Morgan fingerprint density at radius 1 is 0.889 bits per heavy atom. The molecule has 2 aliphatic carbocycles. The maximum atomic E-state index is 12.2. The highest BCUT2D eigenvalue weighted by atomic mass is 19.1. The molecular formula is C15H22FNO. The fourth-order valence-electron chi connectivity index (χ4n) is 3.03. The SMILES string of the molecule is O=C(F)NC1CCC(C#CC2CCCCC2)CC1. The zero-order valence-corrected chi connectivity index (χ0v) is 10.9. The van der Waals surface area contributed by atoms with Crippen molar-refractivity contribution in [2.45, 2.75) is 63.8 Å². The molecule has 0 saturated heterocycles. The molecule has 0 heterocycles. The van der Waals surface area contributed by atoms with E-state index in [-0.39, 0.29) is 6.04 Å². The normalized spacial score (nSPS) is 29.2. The number of halogens is 1. The van der Waals surface area contributed by atoms with Crippen LogP contribution in [0.3, 0.4) is 0 Å². The van der Waals surface area contributed by atoms with E-state index in [0.29, 0.717) is 11.8 Å². The van der Waals surface area contributed by atoms with Crippen LogP contribution >= 0.6 is 0 Å². The van der Waals surface area contributed by atoms with Gasteiger partial charge in [0.25, 0.3) is 0 Å². The lowest BCUT2D eigenvalue weighted by atomic mass is 9.85. The van der Waals surface area contributed by atoms with Crippen LogP contribution in [0, 0.1) is 23.7 Å². The largest absolute Gasteiger partial charge is 0.397 e. The van der Waals surface area contributed by atoms with Crippen molar-refractivity contribution in [3.05, 3.63) is 0 Å². The average molecular weight is 251 g/mol. The van der Waals surface area contributed by atoms with Crippen molar-refractivity contribution in [1.29, 1.82) is 0 Å². The van der Waals surface area contributed by atoms with Gasteiger partial charge in [-0.15, -0.1) is 4.39 Å². The lowest BCUT2D eigenvalue weighted by molar-refractivity contribution is 0.211. The Hall–Kier alpha value is -1.04. The van der Waals surface area contributed by atoms with Crippen LogP contribution in [0.4, 0.5) is 9.18 Å². The first-order valence-electron chi connectivity index (χ1n) is 7.21. The highest BCUT2D eigenvalue weighted by Gasteiger charge is 2.21. The van der Waals surface area contributed by atoms with Crippen LogP contribution < -0.4 is 5.32 Å². The van der Waals surface area contributed by atoms with Gasteiger partial charge < -0.3 is 5.32 Å². The summed E-state index contributed by atoms with van der Waals surface area (Å²) in [7, 11) is 0. The van der Waals surface area contributed by atoms with E-state index in [0.717, 1.165) is 25.7 Å². The van der Waals surface area contributed by atoms with E-state index in [4.69, 9.17) is 0 Å². The first-order valence-corrected chi connectivity index (χ1v) is 7.21. The number of carbonyl (C=O) groups excluding carboxylic acids is 1. The summed E-state index contributed by atoms with van der Waals surface area (Å²) in [5.41, 5.74) is 0. The average Bonchev–Trinajstić information content (AvgIpc) is 2.38. The molecule has 2 rings (SSSR count). The number of amides is 1. The molecule has 0 atom stereocenters. The van der Waals surface area contributed by atoms with E-state index in [1.807, 2.05) is 0 Å². The summed E-state index contributed by atoms with van der Waals surface area (Å²) in [5.74, 6) is 7.92. The molecular weight excluding hydrogens is 229 g/mol. The van der Waals surface area contributed by atoms with Gasteiger partial charge in [0.1, 0.15) is 0 Å². The van der Waals surface area contributed by atoms with Gasteiger partial charge in [-0.2, -0.15) is 0 Å². The predicted octanol–water partition coefficient (Wildman–Crippen LogP) is 3.81. The van der Waals surface area contributed by atoms with Gasteiger partial charge in [-0.1, -0.05) is 31.1 Å². The second-order valence-corrected chi connectivity index (χ2v) is 5.59. The monoisotopic (exact) mass is 251 g/mol. The van der Waals surface area contributed by atoms with Gasteiger partial charge in [-0.3, -0.25) is 0 Å². The number of hydrogen-bond donors (Lipinski definition) is 1. The van der Waals surface area contributed by atoms with Crippen LogP contribution in [-0.2, 0) is 0 Å². The summed E-state index contributed by atoms with van der Waals surface area (Å²) in [5, 5.41) is 2.35. The van der Waals surface area contributed by atoms with Crippen molar-refractivity contribution < 1.29 is 9.18 Å². The van der Waals surface area contributed by atoms with Crippen molar-refractivity contribution in [2.24, 2.45) is 11.8 Å². The van der Waals surface area contributed by atoms with E-state index in [1.54, 1.807) is 0 Å².